The van der Waals surface area contributed by atoms with E-state index in [9.17, 15) is 18.0 Å². The minimum Gasteiger partial charge on any atom is -0.324 e. The fourth-order valence-corrected chi connectivity index (χ4v) is 2.65. The van der Waals surface area contributed by atoms with Gasteiger partial charge in [0.2, 0.25) is 5.95 Å². The van der Waals surface area contributed by atoms with Crippen molar-refractivity contribution in [3.05, 3.63) is 77.1 Å². The lowest BCUT2D eigenvalue weighted by Crippen LogP contribution is -2.16. The molecule has 28 heavy (non-hydrogen) atoms. The molecule has 8 heteroatoms. The van der Waals surface area contributed by atoms with E-state index in [-0.39, 0.29) is 17.3 Å². The van der Waals surface area contributed by atoms with Crippen LogP contribution in [-0.2, 0) is 6.18 Å². The zero-order chi connectivity index (χ0) is 20.3. The third kappa shape index (κ3) is 4.46. The number of para-hydroxylation sites is 1. The molecule has 1 amide bonds. The van der Waals surface area contributed by atoms with Gasteiger partial charge in [-0.3, -0.25) is 4.79 Å². The lowest BCUT2D eigenvalue weighted by molar-refractivity contribution is -0.136. The molecule has 1 aromatic heterocycles. The van der Waals surface area contributed by atoms with E-state index in [4.69, 9.17) is 0 Å². The van der Waals surface area contributed by atoms with E-state index < -0.39 is 17.6 Å². The molecule has 0 saturated heterocycles. The van der Waals surface area contributed by atoms with Crippen LogP contribution in [0.4, 0.5) is 30.5 Å². The number of hydrogen-bond acceptors (Lipinski definition) is 4. The highest BCUT2D eigenvalue weighted by Crippen LogP contribution is 2.35. The number of aryl methyl sites for hydroxylation is 2. The van der Waals surface area contributed by atoms with Crippen LogP contribution >= 0.6 is 0 Å². The largest absolute Gasteiger partial charge is 0.418 e. The van der Waals surface area contributed by atoms with E-state index in [1.54, 1.807) is 6.07 Å². The van der Waals surface area contributed by atoms with Crippen LogP contribution in [0.15, 0.2) is 54.7 Å². The predicted octanol–water partition coefficient (Wildman–Crippen LogP) is 5.11. The maximum absolute atomic E-state index is 13.1. The van der Waals surface area contributed by atoms with Crippen LogP contribution in [0, 0.1) is 13.8 Å². The Morgan fingerprint density at radius 1 is 1.00 bits per heavy atom. The standard InChI is InChI=1S/C20H17F3N4O/c1-12-7-8-15(13(2)11-12)25-18(28)17-9-10-24-19(27-17)26-16-6-4-3-5-14(16)20(21,22)23/h3-11H,1-2H3,(H,25,28)(H,24,26,27). The Hall–Kier alpha value is -3.42. The van der Waals surface area contributed by atoms with Gasteiger partial charge in [0.1, 0.15) is 5.69 Å². The highest BCUT2D eigenvalue weighted by Gasteiger charge is 2.33. The first-order valence-corrected chi connectivity index (χ1v) is 8.39. The van der Waals surface area contributed by atoms with Gasteiger partial charge in [0, 0.05) is 11.9 Å². The molecule has 0 aliphatic rings. The predicted molar refractivity (Wildman–Crippen MR) is 101 cm³/mol. The molecule has 2 N–H and O–H groups in total. The Morgan fingerprint density at radius 3 is 2.46 bits per heavy atom. The number of amides is 1. The van der Waals surface area contributed by atoms with Gasteiger partial charge < -0.3 is 10.6 Å². The second kappa shape index (κ2) is 7.67. The van der Waals surface area contributed by atoms with E-state index in [1.165, 1.54) is 30.5 Å². The Balaban J connectivity index is 1.82. The first-order chi connectivity index (χ1) is 13.2. The summed E-state index contributed by atoms with van der Waals surface area (Å²) >= 11 is 0. The third-order valence-electron chi connectivity index (χ3n) is 4.00. The van der Waals surface area contributed by atoms with Crippen molar-refractivity contribution in [3.63, 3.8) is 0 Å². The molecule has 0 unspecified atom stereocenters. The number of benzene rings is 2. The monoisotopic (exact) mass is 386 g/mol. The van der Waals surface area contributed by atoms with Crippen molar-refractivity contribution >= 4 is 23.2 Å². The minimum atomic E-state index is -4.53. The van der Waals surface area contributed by atoms with Gasteiger partial charge in [-0.25, -0.2) is 9.97 Å². The average Bonchev–Trinajstić information content (AvgIpc) is 2.64. The Labute approximate surface area is 159 Å². The number of alkyl halides is 3. The number of halogens is 3. The van der Waals surface area contributed by atoms with Crippen molar-refractivity contribution in [1.82, 2.24) is 9.97 Å². The number of hydrogen-bond donors (Lipinski definition) is 2. The summed E-state index contributed by atoms with van der Waals surface area (Å²) in [5.41, 5.74) is 1.57. The van der Waals surface area contributed by atoms with Crippen LogP contribution in [0.1, 0.15) is 27.2 Å². The lowest BCUT2D eigenvalue weighted by Gasteiger charge is -2.14. The fourth-order valence-electron chi connectivity index (χ4n) is 2.65. The van der Waals surface area contributed by atoms with E-state index in [0.717, 1.165) is 17.2 Å². The highest BCUT2D eigenvalue weighted by atomic mass is 19.4. The molecule has 1 heterocycles. The fraction of sp³-hybridized carbons (Fsp3) is 0.150. The molecule has 0 bridgehead atoms. The molecule has 3 rings (SSSR count). The van der Waals surface area contributed by atoms with Gasteiger partial charge in [0.25, 0.3) is 5.91 Å². The van der Waals surface area contributed by atoms with E-state index in [1.807, 2.05) is 26.0 Å². The normalized spacial score (nSPS) is 11.2. The molecule has 0 radical (unpaired) electrons. The summed E-state index contributed by atoms with van der Waals surface area (Å²) < 4.78 is 39.4. The summed E-state index contributed by atoms with van der Waals surface area (Å²) in [6.07, 6.45) is -3.22. The van der Waals surface area contributed by atoms with E-state index in [0.29, 0.717) is 5.69 Å². The van der Waals surface area contributed by atoms with Crippen LogP contribution in [0.3, 0.4) is 0 Å². The van der Waals surface area contributed by atoms with Crippen LogP contribution in [0.5, 0.6) is 0 Å². The Kier molecular flexibility index (Phi) is 5.30. The summed E-state index contributed by atoms with van der Waals surface area (Å²) in [5.74, 6) is -0.591. The number of nitrogens with zero attached hydrogens (tertiary/aromatic N) is 2. The highest BCUT2D eigenvalue weighted by molar-refractivity contribution is 6.03. The van der Waals surface area contributed by atoms with Crippen LogP contribution in [0.2, 0.25) is 0 Å². The second-order valence-electron chi connectivity index (χ2n) is 6.21. The van der Waals surface area contributed by atoms with E-state index >= 15 is 0 Å². The zero-order valence-electron chi connectivity index (χ0n) is 15.1. The first-order valence-electron chi connectivity index (χ1n) is 8.39. The average molecular weight is 386 g/mol. The minimum absolute atomic E-state index is 0.0296. The SMILES string of the molecule is Cc1ccc(NC(=O)c2ccnc(Nc3ccccc3C(F)(F)F)n2)c(C)c1. The Bertz CT molecular complexity index is 1020. The number of carbonyl (C=O) groups excluding carboxylic acids is 1. The molecule has 3 aromatic rings. The van der Waals surface area contributed by atoms with Gasteiger partial charge in [0.05, 0.1) is 11.3 Å². The summed E-state index contributed by atoms with van der Waals surface area (Å²) in [6.45, 7) is 3.81. The summed E-state index contributed by atoms with van der Waals surface area (Å²) in [4.78, 5) is 20.4. The molecule has 0 aliphatic carbocycles. The van der Waals surface area contributed by atoms with Gasteiger partial charge in [0.15, 0.2) is 0 Å². The molecule has 144 valence electrons. The summed E-state index contributed by atoms with van der Waals surface area (Å²) in [5, 5.41) is 5.28. The third-order valence-corrected chi connectivity index (χ3v) is 4.00. The molecule has 0 atom stereocenters. The Morgan fingerprint density at radius 2 is 1.75 bits per heavy atom. The number of aromatic nitrogens is 2. The zero-order valence-corrected chi connectivity index (χ0v) is 15.1. The molecule has 0 saturated carbocycles. The van der Waals surface area contributed by atoms with Gasteiger partial charge in [-0.05, 0) is 43.7 Å². The molecule has 5 nitrogen and oxygen atoms in total. The molecule has 0 aliphatic heterocycles. The van der Waals surface area contributed by atoms with Crippen molar-refractivity contribution in [3.8, 4) is 0 Å². The van der Waals surface area contributed by atoms with Crippen LogP contribution < -0.4 is 10.6 Å². The molecule has 0 spiro atoms. The van der Waals surface area contributed by atoms with Gasteiger partial charge in [-0.2, -0.15) is 13.2 Å². The van der Waals surface area contributed by atoms with Crippen molar-refractivity contribution in [2.24, 2.45) is 0 Å². The maximum atomic E-state index is 13.1. The van der Waals surface area contributed by atoms with Crippen LogP contribution in [0.25, 0.3) is 0 Å². The quantitative estimate of drug-likeness (QED) is 0.654. The van der Waals surface area contributed by atoms with Gasteiger partial charge in [-0.15, -0.1) is 0 Å². The van der Waals surface area contributed by atoms with Crippen molar-refractivity contribution in [1.29, 1.82) is 0 Å². The lowest BCUT2D eigenvalue weighted by atomic mass is 10.1. The number of carbonyl (C=O) groups is 1. The van der Waals surface area contributed by atoms with Crippen LogP contribution in [-0.4, -0.2) is 15.9 Å². The first kappa shape index (κ1) is 19.3. The summed E-state index contributed by atoms with van der Waals surface area (Å²) in [6, 6.07) is 12.0. The van der Waals surface area contributed by atoms with Gasteiger partial charge in [-0.1, -0.05) is 29.8 Å². The number of rotatable bonds is 4. The molecule has 0 fully saturated rings. The smallest absolute Gasteiger partial charge is 0.324 e. The number of nitrogens with one attached hydrogen (secondary N) is 2. The topological polar surface area (TPSA) is 66.9 Å². The maximum Gasteiger partial charge on any atom is 0.418 e. The number of anilines is 3. The van der Waals surface area contributed by atoms with Crippen molar-refractivity contribution < 1.29 is 18.0 Å². The van der Waals surface area contributed by atoms with Crippen molar-refractivity contribution in [2.45, 2.75) is 20.0 Å². The van der Waals surface area contributed by atoms with Crippen molar-refractivity contribution in [2.75, 3.05) is 10.6 Å². The van der Waals surface area contributed by atoms with Gasteiger partial charge >= 0.3 is 6.18 Å². The molecule has 2 aromatic carbocycles. The second-order valence-corrected chi connectivity index (χ2v) is 6.21. The van der Waals surface area contributed by atoms with E-state index in [2.05, 4.69) is 20.6 Å². The molecular weight excluding hydrogens is 369 g/mol. The summed E-state index contributed by atoms with van der Waals surface area (Å²) in [7, 11) is 0. The molecular formula is C20H17F3N4O.